The smallest absolute Gasteiger partial charge is 0.314 e. The summed E-state index contributed by atoms with van der Waals surface area (Å²) < 4.78 is 5.11. The van der Waals surface area contributed by atoms with Gasteiger partial charge in [0.05, 0.1) is 30.4 Å². The molecule has 1 fully saturated rings. The molecule has 5 nitrogen and oxygen atoms in total. The Labute approximate surface area is 141 Å². The number of hydrogen-bond acceptors (Lipinski definition) is 3. The first-order chi connectivity index (χ1) is 11.0. The molecule has 1 amide bonds. The van der Waals surface area contributed by atoms with Gasteiger partial charge in [-0.15, -0.1) is 0 Å². The summed E-state index contributed by atoms with van der Waals surface area (Å²) in [6, 6.07) is 6.92. The summed E-state index contributed by atoms with van der Waals surface area (Å²) in [4.78, 5) is 25.5. The number of quaternary nitrogens is 1. The van der Waals surface area contributed by atoms with Gasteiger partial charge in [-0.25, -0.2) is 0 Å². The maximum atomic E-state index is 12.5. The Morgan fingerprint density at radius 1 is 1.43 bits per heavy atom. The van der Waals surface area contributed by atoms with Gasteiger partial charge in [0, 0.05) is 0 Å². The van der Waals surface area contributed by atoms with Crippen LogP contribution in [0.1, 0.15) is 26.7 Å². The lowest BCUT2D eigenvalue weighted by Crippen LogP contribution is -3.18. The molecule has 3 atom stereocenters. The third kappa shape index (κ3) is 4.69. The molecule has 1 saturated heterocycles. The molecular weight excluding hydrogens is 316 g/mol. The van der Waals surface area contributed by atoms with E-state index in [-0.39, 0.29) is 23.8 Å². The minimum atomic E-state index is -0.247. The molecule has 1 heterocycles. The van der Waals surface area contributed by atoms with Crippen LogP contribution in [0.3, 0.4) is 0 Å². The third-order valence-electron chi connectivity index (χ3n) is 4.32. The normalized spacial score (nSPS) is 22.2. The molecule has 1 unspecified atom stereocenters. The van der Waals surface area contributed by atoms with Crippen LogP contribution in [0, 0.1) is 5.92 Å². The molecule has 1 aromatic carbocycles. The van der Waals surface area contributed by atoms with Crippen molar-refractivity contribution in [1.82, 2.24) is 0 Å². The minimum absolute atomic E-state index is 0.0855. The largest absolute Gasteiger partial charge is 0.466 e. The van der Waals surface area contributed by atoms with Crippen LogP contribution in [0.4, 0.5) is 5.69 Å². The summed E-state index contributed by atoms with van der Waals surface area (Å²) in [7, 11) is 0. The Hall–Kier alpha value is -1.59. The highest BCUT2D eigenvalue weighted by atomic mass is 35.5. The van der Waals surface area contributed by atoms with Crippen molar-refractivity contribution in [3.63, 3.8) is 0 Å². The molecule has 0 bridgehead atoms. The second-order valence-corrected chi connectivity index (χ2v) is 6.30. The summed E-state index contributed by atoms with van der Waals surface area (Å²) in [5.41, 5.74) is 0.615. The van der Waals surface area contributed by atoms with Crippen LogP contribution in [0.15, 0.2) is 24.3 Å². The van der Waals surface area contributed by atoms with Crippen LogP contribution in [0.2, 0.25) is 5.02 Å². The molecule has 2 rings (SSSR count). The molecule has 0 aliphatic carbocycles. The number of piperidine rings is 1. The molecule has 1 aliphatic rings. The highest BCUT2D eigenvalue weighted by Gasteiger charge is 2.34. The Balaban J connectivity index is 1.96. The Kier molecular flexibility index (Phi) is 6.42. The number of benzene rings is 1. The van der Waals surface area contributed by atoms with Gasteiger partial charge in [0.1, 0.15) is 5.92 Å². The van der Waals surface area contributed by atoms with Crippen molar-refractivity contribution in [1.29, 1.82) is 0 Å². The van der Waals surface area contributed by atoms with Crippen molar-refractivity contribution in [3.8, 4) is 0 Å². The summed E-state index contributed by atoms with van der Waals surface area (Å²) in [5.74, 6) is -0.352. The predicted octanol–water partition coefficient (Wildman–Crippen LogP) is 1.53. The fourth-order valence-corrected chi connectivity index (χ4v) is 3.12. The maximum absolute atomic E-state index is 12.5. The lowest BCUT2D eigenvalue weighted by Gasteiger charge is -2.32. The van der Waals surface area contributed by atoms with Crippen LogP contribution < -0.4 is 10.2 Å². The average molecular weight is 340 g/mol. The van der Waals surface area contributed by atoms with Crippen LogP contribution in [0.25, 0.3) is 0 Å². The molecule has 23 heavy (non-hydrogen) atoms. The summed E-state index contributed by atoms with van der Waals surface area (Å²) in [6.45, 7) is 5.61. The van der Waals surface area contributed by atoms with E-state index >= 15 is 0 Å². The van der Waals surface area contributed by atoms with Gasteiger partial charge in [-0.1, -0.05) is 23.7 Å². The number of ether oxygens (including phenoxy) is 1. The van der Waals surface area contributed by atoms with Gasteiger partial charge in [0.25, 0.3) is 5.91 Å². The first-order valence-corrected chi connectivity index (χ1v) is 8.47. The number of anilines is 1. The number of amides is 1. The van der Waals surface area contributed by atoms with Gasteiger partial charge in [-0.2, -0.15) is 0 Å². The zero-order chi connectivity index (χ0) is 16.8. The zero-order valence-electron chi connectivity index (χ0n) is 13.6. The fourth-order valence-electron chi connectivity index (χ4n) is 2.94. The van der Waals surface area contributed by atoms with Crippen LogP contribution in [-0.2, 0) is 14.3 Å². The van der Waals surface area contributed by atoms with Crippen molar-refractivity contribution in [3.05, 3.63) is 29.3 Å². The number of nitrogens with one attached hydrogen (secondary N) is 2. The predicted molar refractivity (Wildman–Crippen MR) is 89.6 cm³/mol. The Morgan fingerprint density at radius 2 is 2.17 bits per heavy atom. The Bertz CT molecular complexity index is 565. The summed E-state index contributed by atoms with van der Waals surface area (Å²) >= 11 is 6.08. The van der Waals surface area contributed by atoms with Crippen molar-refractivity contribution in [2.45, 2.75) is 32.7 Å². The van der Waals surface area contributed by atoms with Crippen molar-refractivity contribution in [2.24, 2.45) is 5.92 Å². The van der Waals surface area contributed by atoms with Crippen LogP contribution in [-0.4, -0.2) is 37.6 Å². The van der Waals surface area contributed by atoms with Gasteiger partial charge in [-0.3, -0.25) is 9.59 Å². The minimum Gasteiger partial charge on any atom is -0.466 e. The lowest BCUT2D eigenvalue weighted by atomic mass is 9.97. The van der Waals surface area contributed by atoms with Crippen LogP contribution in [0.5, 0.6) is 0 Å². The second kappa shape index (κ2) is 8.31. The number of halogens is 1. The molecule has 1 aromatic rings. The fraction of sp³-hybridized carbons (Fsp3) is 0.529. The van der Waals surface area contributed by atoms with Gasteiger partial charge in [0.2, 0.25) is 0 Å². The highest BCUT2D eigenvalue weighted by Crippen LogP contribution is 2.20. The van der Waals surface area contributed by atoms with Crippen LogP contribution >= 0.6 is 11.6 Å². The molecule has 0 radical (unpaired) electrons. The number of rotatable bonds is 5. The number of esters is 1. The standard InChI is InChI=1S/C17H23ClN2O3/c1-3-23-17(22)13-7-6-10-20(11-13)12(2)16(21)19-15-9-5-4-8-14(15)18/h4-5,8-9,12-13H,3,6-7,10-11H2,1-2H3,(H,19,21)/p+1/t12-,13+/m0/s1. The quantitative estimate of drug-likeness (QED) is 0.800. The average Bonchev–Trinajstić information content (AvgIpc) is 2.56. The van der Waals surface area contributed by atoms with Gasteiger partial charge in [-0.05, 0) is 38.8 Å². The van der Waals surface area contributed by atoms with E-state index in [4.69, 9.17) is 16.3 Å². The highest BCUT2D eigenvalue weighted by molar-refractivity contribution is 6.33. The molecule has 0 spiro atoms. The van der Waals surface area contributed by atoms with Gasteiger partial charge < -0.3 is 15.0 Å². The molecule has 1 aliphatic heterocycles. The third-order valence-corrected chi connectivity index (χ3v) is 4.65. The topological polar surface area (TPSA) is 59.8 Å². The van der Waals surface area contributed by atoms with E-state index in [1.165, 1.54) is 0 Å². The van der Waals surface area contributed by atoms with Gasteiger partial charge >= 0.3 is 5.97 Å². The van der Waals surface area contributed by atoms with E-state index in [0.717, 1.165) is 24.3 Å². The first-order valence-electron chi connectivity index (χ1n) is 8.09. The number of carbonyl (C=O) groups excluding carboxylic acids is 2. The number of hydrogen-bond donors (Lipinski definition) is 2. The molecule has 0 aromatic heterocycles. The van der Waals surface area contributed by atoms with E-state index in [1.807, 2.05) is 26.0 Å². The van der Waals surface area contributed by atoms with E-state index in [0.29, 0.717) is 23.9 Å². The number of likely N-dealkylation sites (tertiary alicyclic amines) is 1. The number of para-hydroxylation sites is 1. The van der Waals surface area contributed by atoms with E-state index in [1.54, 1.807) is 12.1 Å². The second-order valence-electron chi connectivity index (χ2n) is 5.89. The van der Waals surface area contributed by atoms with E-state index in [9.17, 15) is 9.59 Å². The Morgan fingerprint density at radius 3 is 2.87 bits per heavy atom. The van der Waals surface area contributed by atoms with E-state index in [2.05, 4.69) is 5.32 Å². The summed E-state index contributed by atoms with van der Waals surface area (Å²) in [6.07, 6.45) is 1.75. The lowest BCUT2D eigenvalue weighted by molar-refractivity contribution is -0.921. The summed E-state index contributed by atoms with van der Waals surface area (Å²) in [5, 5.41) is 3.39. The maximum Gasteiger partial charge on any atom is 0.314 e. The molecule has 2 N–H and O–H groups in total. The number of carbonyl (C=O) groups is 2. The van der Waals surface area contributed by atoms with Crippen molar-refractivity contribution >= 4 is 29.2 Å². The first kappa shape index (κ1) is 17.8. The molecule has 126 valence electrons. The van der Waals surface area contributed by atoms with Crippen molar-refractivity contribution < 1.29 is 19.2 Å². The molecule has 6 heteroatoms. The van der Waals surface area contributed by atoms with E-state index < -0.39 is 0 Å². The molecule has 0 saturated carbocycles. The van der Waals surface area contributed by atoms with Crippen molar-refractivity contribution in [2.75, 3.05) is 25.0 Å². The zero-order valence-corrected chi connectivity index (χ0v) is 14.4. The van der Waals surface area contributed by atoms with Gasteiger partial charge in [0.15, 0.2) is 6.04 Å². The monoisotopic (exact) mass is 339 g/mol. The molecular formula is C17H24ClN2O3+. The SMILES string of the molecule is CCOC(=O)[C@@H]1CCC[NH+]([C@@H](C)C(=O)Nc2ccccc2Cl)C1.